The van der Waals surface area contributed by atoms with Crippen molar-refractivity contribution in [3.05, 3.63) is 35.2 Å². The minimum atomic E-state index is -4.58. The van der Waals surface area contributed by atoms with Gasteiger partial charge in [-0.15, -0.1) is 10.2 Å². The molecule has 2 rings (SSSR count). The Labute approximate surface area is 147 Å². The molecule has 0 unspecified atom stereocenters. The van der Waals surface area contributed by atoms with Crippen LogP contribution in [0.25, 0.3) is 11.4 Å². The molecule has 2 aromatic rings. The lowest BCUT2D eigenvalue weighted by atomic mass is 10.1. The fourth-order valence-electron chi connectivity index (χ4n) is 2.49. The third-order valence-electron chi connectivity index (χ3n) is 3.70. The van der Waals surface area contributed by atoms with Crippen molar-refractivity contribution in [2.45, 2.75) is 52.4 Å². The van der Waals surface area contributed by atoms with Crippen LogP contribution >= 0.6 is 0 Å². The Hall–Kier alpha value is -1.67. The lowest BCUT2D eigenvalue weighted by molar-refractivity contribution is -0.149. The van der Waals surface area contributed by atoms with Crippen LogP contribution in [0.4, 0.5) is 13.2 Å². The maximum Gasteiger partial charge on any atom is 0.451 e. The highest BCUT2D eigenvalue weighted by Gasteiger charge is 2.38. The lowest BCUT2D eigenvalue weighted by Gasteiger charge is -2.17. The second kappa shape index (κ2) is 7.29. The van der Waals surface area contributed by atoms with Gasteiger partial charge >= 0.3 is 6.18 Å². The SMILES string of the molecule is Cc1cc(C)cc(-c2nnc(C(F)(F)F)n2COCC[Si](C)(C)C)c1. The Morgan fingerprint density at radius 1 is 1.04 bits per heavy atom. The summed E-state index contributed by atoms with van der Waals surface area (Å²) >= 11 is 0. The van der Waals surface area contributed by atoms with E-state index >= 15 is 0 Å². The summed E-state index contributed by atoms with van der Waals surface area (Å²) in [5.74, 6) is -0.859. The molecule has 0 saturated heterocycles. The summed E-state index contributed by atoms with van der Waals surface area (Å²) in [6.45, 7) is 10.6. The summed E-state index contributed by atoms with van der Waals surface area (Å²) in [5, 5.41) is 7.15. The molecule has 25 heavy (non-hydrogen) atoms. The van der Waals surface area contributed by atoms with Crippen molar-refractivity contribution in [1.82, 2.24) is 14.8 Å². The zero-order chi connectivity index (χ0) is 18.8. The number of alkyl halides is 3. The first-order chi connectivity index (χ1) is 11.5. The van der Waals surface area contributed by atoms with E-state index in [4.69, 9.17) is 4.74 Å². The molecule has 138 valence electrons. The van der Waals surface area contributed by atoms with Gasteiger partial charge in [0.05, 0.1) is 0 Å². The van der Waals surface area contributed by atoms with E-state index in [1.807, 2.05) is 19.9 Å². The van der Waals surface area contributed by atoms with Crippen molar-refractivity contribution >= 4 is 8.07 Å². The van der Waals surface area contributed by atoms with Gasteiger partial charge in [-0.1, -0.05) is 36.8 Å². The van der Waals surface area contributed by atoms with Gasteiger partial charge in [-0.2, -0.15) is 13.2 Å². The number of benzene rings is 1. The van der Waals surface area contributed by atoms with E-state index in [9.17, 15) is 13.2 Å². The van der Waals surface area contributed by atoms with Gasteiger partial charge in [-0.05, 0) is 32.0 Å². The van der Waals surface area contributed by atoms with Crippen molar-refractivity contribution in [1.29, 1.82) is 0 Å². The second-order valence-corrected chi connectivity index (χ2v) is 13.1. The Balaban J connectivity index is 2.32. The topological polar surface area (TPSA) is 39.9 Å². The molecule has 0 bridgehead atoms. The van der Waals surface area contributed by atoms with Gasteiger partial charge in [0, 0.05) is 20.2 Å². The highest BCUT2D eigenvalue weighted by Crippen LogP contribution is 2.31. The Morgan fingerprint density at radius 2 is 1.64 bits per heavy atom. The molecular formula is C17H24F3N3OSi. The molecule has 0 aliphatic carbocycles. The molecule has 0 atom stereocenters. The van der Waals surface area contributed by atoms with Gasteiger partial charge in [0.2, 0.25) is 5.82 Å². The van der Waals surface area contributed by atoms with Crippen molar-refractivity contribution in [2.75, 3.05) is 6.61 Å². The van der Waals surface area contributed by atoms with E-state index < -0.39 is 20.1 Å². The maximum absolute atomic E-state index is 13.3. The summed E-state index contributed by atoms with van der Waals surface area (Å²) < 4.78 is 46.3. The summed E-state index contributed by atoms with van der Waals surface area (Å²) in [6.07, 6.45) is -4.58. The summed E-state index contributed by atoms with van der Waals surface area (Å²) in [7, 11) is -1.31. The van der Waals surface area contributed by atoms with Crippen LogP contribution < -0.4 is 0 Å². The molecule has 0 saturated carbocycles. The fraction of sp³-hybridized carbons (Fsp3) is 0.529. The predicted molar refractivity (Wildman–Crippen MR) is 94.0 cm³/mol. The molecule has 0 aliphatic rings. The van der Waals surface area contributed by atoms with Gasteiger partial charge in [-0.3, -0.25) is 4.57 Å². The van der Waals surface area contributed by atoms with Crippen LogP contribution in [0, 0.1) is 13.8 Å². The Bertz CT molecular complexity index is 715. The summed E-state index contributed by atoms with van der Waals surface area (Å²) in [6, 6.07) is 6.44. The molecule has 1 aromatic heterocycles. The van der Waals surface area contributed by atoms with E-state index in [-0.39, 0.29) is 12.6 Å². The van der Waals surface area contributed by atoms with Gasteiger partial charge < -0.3 is 4.74 Å². The molecule has 8 heteroatoms. The highest BCUT2D eigenvalue weighted by atomic mass is 28.3. The predicted octanol–water partition coefficient (Wildman–Crippen LogP) is 4.89. The van der Waals surface area contributed by atoms with Gasteiger partial charge in [-0.25, -0.2) is 0 Å². The van der Waals surface area contributed by atoms with Crippen molar-refractivity contribution in [3.63, 3.8) is 0 Å². The molecule has 1 aromatic carbocycles. The quantitative estimate of drug-likeness (QED) is 0.536. The third kappa shape index (κ3) is 5.40. The van der Waals surface area contributed by atoms with E-state index in [0.717, 1.165) is 21.7 Å². The Kier molecular flexibility index (Phi) is 5.73. The first kappa shape index (κ1) is 19.6. The van der Waals surface area contributed by atoms with Crippen molar-refractivity contribution < 1.29 is 17.9 Å². The number of aryl methyl sites for hydroxylation is 2. The smallest absolute Gasteiger partial charge is 0.361 e. The second-order valence-electron chi connectivity index (χ2n) is 7.50. The molecule has 0 fully saturated rings. The minimum absolute atomic E-state index is 0.173. The zero-order valence-corrected chi connectivity index (χ0v) is 16.2. The number of hydrogen-bond acceptors (Lipinski definition) is 3. The monoisotopic (exact) mass is 371 g/mol. The van der Waals surface area contributed by atoms with E-state index in [1.54, 1.807) is 12.1 Å². The highest BCUT2D eigenvalue weighted by molar-refractivity contribution is 6.76. The standard InChI is InChI=1S/C17H24F3N3OSi/c1-12-8-13(2)10-14(9-12)15-21-22-16(17(18,19)20)23(15)11-24-6-7-25(3,4)5/h8-10H,6-7,11H2,1-5H3. The van der Waals surface area contributed by atoms with E-state index in [1.165, 1.54) is 0 Å². The average Bonchev–Trinajstić information content (AvgIpc) is 2.85. The number of halogens is 3. The van der Waals surface area contributed by atoms with Crippen LogP contribution in [0.5, 0.6) is 0 Å². The number of rotatable bonds is 6. The van der Waals surface area contributed by atoms with Crippen LogP contribution in [0.2, 0.25) is 25.7 Å². The summed E-state index contributed by atoms with van der Waals surface area (Å²) in [5.41, 5.74) is 2.52. The summed E-state index contributed by atoms with van der Waals surface area (Å²) in [4.78, 5) is 0. The number of hydrogen-bond donors (Lipinski definition) is 0. The molecule has 0 radical (unpaired) electrons. The van der Waals surface area contributed by atoms with Crippen LogP contribution in [0.15, 0.2) is 18.2 Å². The molecule has 0 N–H and O–H groups in total. The van der Waals surface area contributed by atoms with E-state index in [2.05, 4.69) is 29.8 Å². The lowest BCUT2D eigenvalue weighted by Crippen LogP contribution is -2.23. The van der Waals surface area contributed by atoms with Gasteiger partial charge in [0.15, 0.2) is 5.82 Å². The zero-order valence-electron chi connectivity index (χ0n) is 15.2. The van der Waals surface area contributed by atoms with Gasteiger partial charge in [0.1, 0.15) is 6.73 Å². The van der Waals surface area contributed by atoms with Crippen molar-refractivity contribution in [3.8, 4) is 11.4 Å². The molecule has 0 aliphatic heterocycles. The van der Waals surface area contributed by atoms with E-state index in [0.29, 0.717) is 12.2 Å². The van der Waals surface area contributed by atoms with Crippen LogP contribution in [0.3, 0.4) is 0 Å². The first-order valence-corrected chi connectivity index (χ1v) is 11.8. The Morgan fingerprint density at radius 3 is 2.16 bits per heavy atom. The maximum atomic E-state index is 13.3. The molecular weight excluding hydrogens is 347 g/mol. The molecule has 1 heterocycles. The van der Waals surface area contributed by atoms with Crippen LogP contribution in [0.1, 0.15) is 17.0 Å². The normalized spacial score (nSPS) is 12.6. The van der Waals surface area contributed by atoms with Gasteiger partial charge in [0.25, 0.3) is 0 Å². The third-order valence-corrected chi connectivity index (χ3v) is 5.41. The number of ether oxygens (including phenoxy) is 1. The molecule has 4 nitrogen and oxygen atoms in total. The molecule has 0 spiro atoms. The first-order valence-electron chi connectivity index (χ1n) is 8.14. The minimum Gasteiger partial charge on any atom is -0.361 e. The van der Waals surface area contributed by atoms with Crippen LogP contribution in [-0.4, -0.2) is 29.4 Å². The fourth-order valence-corrected chi connectivity index (χ4v) is 3.24. The number of nitrogens with zero attached hydrogens (tertiary/aromatic N) is 3. The average molecular weight is 371 g/mol. The largest absolute Gasteiger partial charge is 0.451 e. The van der Waals surface area contributed by atoms with Crippen molar-refractivity contribution in [2.24, 2.45) is 0 Å². The van der Waals surface area contributed by atoms with Crippen LogP contribution in [-0.2, 0) is 17.6 Å². The number of aromatic nitrogens is 3. The molecule has 0 amide bonds.